The number of hydrogen-bond acceptors (Lipinski definition) is 2. The van der Waals surface area contributed by atoms with Gasteiger partial charge < -0.3 is 9.47 Å². The van der Waals surface area contributed by atoms with Gasteiger partial charge in [-0.25, -0.2) is 0 Å². The van der Waals surface area contributed by atoms with E-state index < -0.39 is 0 Å². The van der Waals surface area contributed by atoms with Crippen LogP contribution in [-0.4, -0.2) is 21.9 Å². The topological polar surface area (TPSA) is 25.2 Å². The van der Waals surface area contributed by atoms with Crippen molar-refractivity contribution in [3.8, 4) is 0 Å². The van der Waals surface area contributed by atoms with E-state index in [1.165, 1.54) is 34.1 Å². The summed E-state index contributed by atoms with van der Waals surface area (Å²) in [4.78, 5) is 15.7. The van der Waals surface area contributed by atoms with Crippen LogP contribution in [0.5, 0.6) is 0 Å². The molecule has 0 radical (unpaired) electrons. The number of carbonyl (C=O) groups excluding carboxylic acids is 1. The maximum Gasteiger partial charge on any atom is 0.264 e. The standard InChI is InChI=1S/C19H18N2OS/c22-19(20-8-7-13-3-1-2-4-14(13)10-20)17-9-15-11-21(16-5-6-16)12-18(15)23-17/h1-4,9,11-12,16H,5-8,10H2. The number of fused-ring (bicyclic) bond motifs is 2. The van der Waals surface area contributed by atoms with E-state index in [2.05, 4.69) is 47.3 Å². The summed E-state index contributed by atoms with van der Waals surface area (Å²) in [6.07, 6.45) is 7.95. The second-order valence-corrected chi connectivity index (χ2v) is 7.70. The number of rotatable bonds is 2. The maximum absolute atomic E-state index is 12.8. The highest BCUT2D eigenvalue weighted by Gasteiger charge is 2.26. The predicted molar refractivity (Wildman–Crippen MR) is 93.0 cm³/mol. The molecule has 3 aromatic rings. The quantitative estimate of drug-likeness (QED) is 0.693. The van der Waals surface area contributed by atoms with Gasteiger partial charge in [0.25, 0.3) is 5.91 Å². The molecule has 116 valence electrons. The minimum Gasteiger partial charge on any atom is -0.349 e. The lowest BCUT2D eigenvalue weighted by Crippen LogP contribution is -2.35. The van der Waals surface area contributed by atoms with E-state index in [4.69, 9.17) is 0 Å². The van der Waals surface area contributed by atoms with Gasteiger partial charge in [-0.15, -0.1) is 11.3 Å². The van der Waals surface area contributed by atoms with E-state index in [0.717, 1.165) is 24.4 Å². The first-order chi connectivity index (χ1) is 11.3. The molecule has 23 heavy (non-hydrogen) atoms. The van der Waals surface area contributed by atoms with Crippen LogP contribution in [0.4, 0.5) is 0 Å². The van der Waals surface area contributed by atoms with Crippen LogP contribution >= 0.6 is 11.3 Å². The van der Waals surface area contributed by atoms with Gasteiger partial charge in [0, 0.05) is 36.9 Å². The van der Waals surface area contributed by atoms with Crippen LogP contribution in [0, 0.1) is 0 Å². The van der Waals surface area contributed by atoms with E-state index in [-0.39, 0.29) is 5.91 Å². The summed E-state index contributed by atoms with van der Waals surface area (Å²) in [6.45, 7) is 1.55. The number of nitrogens with zero attached hydrogens (tertiary/aromatic N) is 2. The zero-order valence-electron chi connectivity index (χ0n) is 12.9. The maximum atomic E-state index is 12.8. The summed E-state index contributed by atoms with van der Waals surface area (Å²) in [5.41, 5.74) is 2.67. The van der Waals surface area contributed by atoms with Gasteiger partial charge in [-0.3, -0.25) is 4.79 Å². The molecule has 2 aromatic heterocycles. The molecule has 0 N–H and O–H groups in total. The van der Waals surface area contributed by atoms with Crippen LogP contribution < -0.4 is 0 Å². The molecule has 3 heterocycles. The molecule has 4 heteroatoms. The van der Waals surface area contributed by atoms with Crippen molar-refractivity contribution in [1.82, 2.24) is 9.47 Å². The smallest absolute Gasteiger partial charge is 0.264 e. The van der Waals surface area contributed by atoms with Crippen molar-refractivity contribution in [1.29, 1.82) is 0 Å². The van der Waals surface area contributed by atoms with Crippen LogP contribution in [0.15, 0.2) is 42.7 Å². The summed E-state index contributed by atoms with van der Waals surface area (Å²) < 4.78 is 3.55. The average molecular weight is 322 g/mol. The molecule has 1 saturated carbocycles. The minimum atomic E-state index is 0.179. The van der Waals surface area contributed by atoms with E-state index in [0.29, 0.717) is 6.04 Å². The molecule has 0 saturated heterocycles. The Kier molecular flexibility index (Phi) is 2.89. The molecule has 1 fully saturated rings. The molecule has 1 aliphatic carbocycles. The Balaban J connectivity index is 1.41. The summed E-state index contributed by atoms with van der Waals surface area (Å²) in [5.74, 6) is 0.179. The number of thiophene rings is 1. The fourth-order valence-corrected chi connectivity index (χ4v) is 4.51. The van der Waals surface area contributed by atoms with Crippen molar-refractivity contribution < 1.29 is 4.79 Å². The van der Waals surface area contributed by atoms with Crippen LogP contribution in [-0.2, 0) is 13.0 Å². The highest BCUT2D eigenvalue weighted by molar-refractivity contribution is 7.20. The number of hydrogen-bond donors (Lipinski definition) is 0. The number of aromatic nitrogens is 1. The third-order valence-electron chi connectivity index (χ3n) is 4.94. The van der Waals surface area contributed by atoms with Crippen LogP contribution in [0.3, 0.4) is 0 Å². The summed E-state index contributed by atoms with van der Waals surface area (Å²) in [5, 5.41) is 1.21. The highest BCUT2D eigenvalue weighted by Crippen LogP contribution is 2.38. The Labute approximate surface area is 139 Å². The molecule has 5 rings (SSSR count). The van der Waals surface area contributed by atoms with Gasteiger partial charge in [0.1, 0.15) is 0 Å². The van der Waals surface area contributed by atoms with Gasteiger partial charge in [-0.1, -0.05) is 24.3 Å². The van der Waals surface area contributed by atoms with E-state index in [1.807, 2.05) is 4.90 Å². The minimum absolute atomic E-state index is 0.179. The van der Waals surface area contributed by atoms with Gasteiger partial charge in [0.15, 0.2) is 0 Å². The summed E-state index contributed by atoms with van der Waals surface area (Å²) in [7, 11) is 0. The molecular weight excluding hydrogens is 304 g/mol. The van der Waals surface area contributed by atoms with Crippen molar-refractivity contribution in [2.45, 2.75) is 31.8 Å². The molecule has 1 aromatic carbocycles. The van der Waals surface area contributed by atoms with Crippen LogP contribution in [0.1, 0.15) is 39.7 Å². The van der Waals surface area contributed by atoms with E-state index in [1.54, 1.807) is 11.3 Å². The first kappa shape index (κ1) is 13.4. The molecule has 0 spiro atoms. The third kappa shape index (κ3) is 2.29. The van der Waals surface area contributed by atoms with Crippen molar-refractivity contribution in [2.24, 2.45) is 0 Å². The van der Waals surface area contributed by atoms with Gasteiger partial charge in [0.05, 0.1) is 9.58 Å². The Morgan fingerprint density at radius 3 is 2.74 bits per heavy atom. The molecule has 1 aliphatic heterocycles. The molecule has 2 aliphatic rings. The van der Waals surface area contributed by atoms with Crippen molar-refractivity contribution >= 4 is 27.3 Å². The fourth-order valence-electron chi connectivity index (χ4n) is 3.47. The first-order valence-corrected chi connectivity index (χ1v) is 9.07. The lowest BCUT2D eigenvalue weighted by Gasteiger charge is -2.28. The van der Waals surface area contributed by atoms with Gasteiger partial charge in [-0.05, 0) is 36.5 Å². The van der Waals surface area contributed by atoms with Gasteiger partial charge in [-0.2, -0.15) is 0 Å². The first-order valence-electron chi connectivity index (χ1n) is 8.25. The normalized spacial score (nSPS) is 17.5. The molecular formula is C19H18N2OS. The lowest BCUT2D eigenvalue weighted by molar-refractivity contribution is 0.0739. The number of benzene rings is 1. The molecule has 0 atom stereocenters. The summed E-state index contributed by atoms with van der Waals surface area (Å²) >= 11 is 1.63. The van der Waals surface area contributed by atoms with Crippen LogP contribution in [0.25, 0.3) is 10.1 Å². The van der Waals surface area contributed by atoms with Crippen molar-refractivity contribution in [3.05, 3.63) is 58.7 Å². The molecule has 0 unspecified atom stereocenters. The number of amides is 1. The zero-order valence-corrected chi connectivity index (χ0v) is 13.7. The molecule has 1 amide bonds. The average Bonchev–Trinajstić information content (AvgIpc) is 3.24. The zero-order chi connectivity index (χ0) is 15.4. The second-order valence-electron chi connectivity index (χ2n) is 6.61. The lowest BCUT2D eigenvalue weighted by atomic mass is 10.00. The van der Waals surface area contributed by atoms with Crippen molar-refractivity contribution in [3.63, 3.8) is 0 Å². The second kappa shape index (κ2) is 4.96. The van der Waals surface area contributed by atoms with E-state index in [9.17, 15) is 4.79 Å². The molecule has 3 nitrogen and oxygen atoms in total. The van der Waals surface area contributed by atoms with E-state index >= 15 is 0 Å². The fraction of sp³-hybridized carbons (Fsp3) is 0.316. The number of carbonyl (C=O) groups is 1. The highest BCUT2D eigenvalue weighted by atomic mass is 32.1. The monoisotopic (exact) mass is 322 g/mol. The summed E-state index contributed by atoms with van der Waals surface area (Å²) in [6, 6.07) is 11.2. The van der Waals surface area contributed by atoms with Gasteiger partial charge >= 0.3 is 0 Å². The van der Waals surface area contributed by atoms with Gasteiger partial charge in [0.2, 0.25) is 0 Å². The SMILES string of the molecule is O=C(c1cc2cn(C3CC3)cc2s1)N1CCc2ccccc2C1. The Hall–Kier alpha value is -2.07. The largest absolute Gasteiger partial charge is 0.349 e. The van der Waals surface area contributed by atoms with Crippen molar-refractivity contribution in [2.75, 3.05) is 6.54 Å². The Bertz CT molecular complexity index is 872. The molecule has 0 bridgehead atoms. The van der Waals surface area contributed by atoms with Crippen LogP contribution in [0.2, 0.25) is 0 Å². The Morgan fingerprint density at radius 2 is 1.96 bits per heavy atom. The predicted octanol–water partition coefficient (Wildman–Crippen LogP) is 4.24. The third-order valence-corrected chi connectivity index (χ3v) is 6.02. The Morgan fingerprint density at radius 1 is 1.13 bits per heavy atom.